The highest BCUT2D eigenvalue weighted by Crippen LogP contribution is 2.40. The van der Waals surface area contributed by atoms with Gasteiger partial charge in [0.1, 0.15) is 15.2 Å². The highest BCUT2D eigenvalue weighted by molar-refractivity contribution is 7.28. The zero-order chi connectivity index (χ0) is 16.7. The Balaban J connectivity index is 1.83. The van der Waals surface area contributed by atoms with Crippen molar-refractivity contribution in [3.8, 4) is 15.6 Å². The molecule has 0 amide bonds. The largest absolute Gasteiger partial charge is 0.504 e. The molecule has 0 aliphatic heterocycles. The lowest BCUT2D eigenvalue weighted by molar-refractivity contribution is 0.0516. The topological polar surface area (TPSA) is 72.3 Å². The van der Waals surface area contributed by atoms with Crippen molar-refractivity contribution in [3.05, 3.63) is 42.2 Å². The number of rotatable bonds is 3. The van der Waals surface area contributed by atoms with Gasteiger partial charge in [0.25, 0.3) is 0 Å². The van der Waals surface area contributed by atoms with E-state index in [9.17, 15) is 9.90 Å². The van der Waals surface area contributed by atoms with Gasteiger partial charge in [-0.05, 0) is 24.4 Å². The third-order valence-corrected chi connectivity index (χ3v) is 5.88. The van der Waals surface area contributed by atoms with Gasteiger partial charge >= 0.3 is 5.97 Å². The number of thiazole rings is 1. The van der Waals surface area contributed by atoms with Crippen molar-refractivity contribution < 1.29 is 14.6 Å². The molecule has 0 spiro atoms. The summed E-state index contributed by atoms with van der Waals surface area (Å²) in [5.41, 5.74) is 0.494. The van der Waals surface area contributed by atoms with E-state index in [0.29, 0.717) is 10.2 Å². The van der Waals surface area contributed by atoms with Crippen LogP contribution in [-0.2, 0) is 4.74 Å². The van der Waals surface area contributed by atoms with Gasteiger partial charge in [0.05, 0.1) is 17.7 Å². The standard InChI is InChI=1S/C17H12N2O3S2/c1-2-22-17(21)13-14(20)15-10(8-18-13)19-16(24-15)12-7-9-5-3-4-6-11(9)23-12/h3-8,20H,2H2,1H3. The highest BCUT2D eigenvalue weighted by atomic mass is 32.1. The zero-order valence-corrected chi connectivity index (χ0v) is 14.3. The Hall–Kier alpha value is -2.51. The SMILES string of the molecule is CCOC(=O)c1ncc2nc(-c3cc4ccccc4s3)sc2c1O. The minimum Gasteiger partial charge on any atom is -0.504 e. The number of carbonyl (C=O) groups is 1. The third kappa shape index (κ3) is 2.42. The normalized spacial score (nSPS) is 11.2. The molecule has 0 radical (unpaired) electrons. The maximum Gasteiger partial charge on any atom is 0.360 e. The first kappa shape index (κ1) is 15.0. The summed E-state index contributed by atoms with van der Waals surface area (Å²) in [5, 5.41) is 12.3. The van der Waals surface area contributed by atoms with Crippen molar-refractivity contribution in [2.24, 2.45) is 0 Å². The Bertz CT molecular complexity index is 1040. The van der Waals surface area contributed by atoms with Gasteiger partial charge in [-0.25, -0.2) is 14.8 Å². The molecule has 120 valence electrons. The summed E-state index contributed by atoms with van der Waals surface area (Å²) in [4.78, 5) is 21.4. The summed E-state index contributed by atoms with van der Waals surface area (Å²) in [6.45, 7) is 1.94. The molecule has 0 saturated heterocycles. The minimum atomic E-state index is -0.631. The van der Waals surface area contributed by atoms with Gasteiger partial charge in [0, 0.05) is 4.70 Å². The van der Waals surface area contributed by atoms with Crippen LogP contribution in [0.3, 0.4) is 0 Å². The first-order valence-electron chi connectivity index (χ1n) is 7.32. The second-order valence-corrected chi connectivity index (χ2v) is 7.14. The molecule has 4 rings (SSSR count). The lowest BCUT2D eigenvalue weighted by Crippen LogP contribution is -2.07. The summed E-state index contributed by atoms with van der Waals surface area (Å²) >= 11 is 2.99. The number of thiophene rings is 1. The van der Waals surface area contributed by atoms with Crippen molar-refractivity contribution in [2.45, 2.75) is 6.92 Å². The molecule has 4 aromatic rings. The van der Waals surface area contributed by atoms with Gasteiger partial charge in [0.2, 0.25) is 0 Å². The number of pyridine rings is 1. The Morgan fingerprint density at radius 1 is 1.29 bits per heavy atom. The fourth-order valence-corrected chi connectivity index (χ4v) is 4.52. The summed E-state index contributed by atoms with van der Waals surface area (Å²) < 4.78 is 6.64. The van der Waals surface area contributed by atoms with Crippen LogP contribution in [0, 0.1) is 0 Å². The molecule has 5 nitrogen and oxygen atoms in total. The van der Waals surface area contributed by atoms with Crippen LogP contribution in [0.4, 0.5) is 0 Å². The molecule has 3 aromatic heterocycles. The summed E-state index contributed by atoms with van der Waals surface area (Å²) in [6.07, 6.45) is 1.49. The molecule has 0 fully saturated rings. The molecular weight excluding hydrogens is 344 g/mol. The number of aromatic hydroxyl groups is 1. The monoisotopic (exact) mass is 356 g/mol. The second kappa shape index (κ2) is 5.85. The van der Waals surface area contributed by atoms with E-state index in [1.54, 1.807) is 18.3 Å². The molecular formula is C17H12N2O3S2. The van der Waals surface area contributed by atoms with Crippen LogP contribution in [0.2, 0.25) is 0 Å². The number of fused-ring (bicyclic) bond motifs is 2. The molecule has 0 aliphatic carbocycles. The third-order valence-electron chi connectivity index (χ3n) is 3.51. The van der Waals surface area contributed by atoms with Gasteiger partial charge in [-0.2, -0.15) is 0 Å². The van der Waals surface area contributed by atoms with Crippen molar-refractivity contribution in [1.29, 1.82) is 0 Å². The second-order valence-electron chi connectivity index (χ2n) is 5.06. The number of aromatic nitrogens is 2. The quantitative estimate of drug-likeness (QED) is 0.549. The molecule has 0 saturated carbocycles. The van der Waals surface area contributed by atoms with E-state index < -0.39 is 5.97 Å². The number of ether oxygens (including phenoxy) is 1. The molecule has 7 heteroatoms. The Kier molecular flexibility index (Phi) is 3.66. The van der Waals surface area contributed by atoms with Crippen molar-refractivity contribution in [2.75, 3.05) is 6.61 Å². The van der Waals surface area contributed by atoms with E-state index >= 15 is 0 Å². The van der Waals surface area contributed by atoms with E-state index in [-0.39, 0.29) is 18.1 Å². The number of nitrogens with zero attached hydrogens (tertiary/aromatic N) is 2. The number of hydrogen-bond donors (Lipinski definition) is 1. The maximum absolute atomic E-state index is 11.8. The lowest BCUT2D eigenvalue weighted by Gasteiger charge is -2.02. The van der Waals surface area contributed by atoms with Gasteiger partial charge in [-0.3, -0.25) is 0 Å². The van der Waals surface area contributed by atoms with Crippen LogP contribution in [0.25, 0.3) is 30.2 Å². The van der Waals surface area contributed by atoms with Crippen LogP contribution in [0.1, 0.15) is 17.4 Å². The van der Waals surface area contributed by atoms with E-state index in [1.807, 2.05) is 12.1 Å². The number of hydrogen-bond acceptors (Lipinski definition) is 7. The molecule has 0 bridgehead atoms. The van der Waals surface area contributed by atoms with Crippen LogP contribution in [-0.4, -0.2) is 27.7 Å². The van der Waals surface area contributed by atoms with Crippen molar-refractivity contribution in [1.82, 2.24) is 9.97 Å². The van der Waals surface area contributed by atoms with Gasteiger partial charge in [0.15, 0.2) is 11.4 Å². The Labute approximate surface area is 145 Å². The van der Waals surface area contributed by atoms with E-state index in [1.165, 1.54) is 22.2 Å². The summed E-state index contributed by atoms with van der Waals surface area (Å²) in [5.74, 6) is -0.801. The molecule has 24 heavy (non-hydrogen) atoms. The van der Waals surface area contributed by atoms with Crippen molar-refractivity contribution >= 4 is 48.9 Å². The van der Waals surface area contributed by atoms with E-state index in [0.717, 1.165) is 15.3 Å². The molecule has 3 heterocycles. The van der Waals surface area contributed by atoms with Gasteiger partial charge in [-0.15, -0.1) is 22.7 Å². The van der Waals surface area contributed by atoms with Crippen LogP contribution in [0.15, 0.2) is 36.5 Å². The molecule has 0 aliphatic rings. The predicted octanol–water partition coefficient (Wildman–Crippen LogP) is 4.46. The fourth-order valence-electron chi connectivity index (χ4n) is 2.42. The smallest absolute Gasteiger partial charge is 0.360 e. The van der Waals surface area contributed by atoms with Crippen molar-refractivity contribution in [3.63, 3.8) is 0 Å². The number of carbonyl (C=O) groups excluding carboxylic acids is 1. The first-order chi connectivity index (χ1) is 11.7. The van der Waals surface area contributed by atoms with Gasteiger partial charge in [-0.1, -0.05) is 18.2 Å². The Morgan fingerprint density at radius 3 is 2.92 bits per heavy atom. The van der Waals surface area contributed by atoms with Crippen LogP contribution >= 0.6 is 22.7 Å². The maximum atomic E-state index is 11.8. The lowest BCUT2D eigenvalue weighted by atomic mass is 10.2. The number of esters is 1. The highest BCUT2D eigenvalue weighted by Gasteiger charge is 2.20. The van der Waals surface area contributed by atoms with Crippen LogP contribution in [0.5, 0.6) is 5.75 Å². The zero-order valence-electron chi connectivity index (χ0n) is 12.6. The van der Waals surface area contributed by atoms with E-state index in [2.05, 4.69) is 28.2 Å². The first-order valence-corrected chi connectivity index (χ1v) is 8.95. The number of benzene rings is 1. The fraction of sp³-hybridized carbons (Fsp3) is 0.118. The summed E-state index contributed by atoms with van der Waals surface area (Å²) in [6, 6.07) is 10.2. The summed E-state index contributed by atoms with van der Waals surface area (Å²) in [7, 11) is 0. The molecule has 0 atom stereocenters. The molecule has 0 unspecified atom stereocenters. The average molecular weight is 356 g/mol. The molecule has 1 N–H and O–H groups in total. The van der Waals surface area contributed by atoms with E-state index in [4.69, 9.17) is 4.74 Å². The molecule has 1 aromatic carbocycles. The van der Waals surface area contributed by atoms with Crippen LogP contribution < -0.4 is 0 Å². The average Bonchev–Trinajstić information content (AvgIpc) is 3.19. The van der Waals surface area contributed by atoms with Gasteiger partial charge < -0.3 is 9.84 Å². The Morgan fingerprint density at radius 2 is 2.12 bits per heavy atom. The predicted molar refractivity (Wildman–Crippen MR) is 95.9 cm³/mol. The minimum absolute atomic E-state index is 0.0732.